The van der Waals surface area contributed by atoms with Crippen LogP contribution in [0.3, 0.4) is 0 Å². The van der Waals surface area contributed by atoms with Crippen LogP contribution in [0.4, 0.5) is 0 Å². The van der Waals surface area contributed by atoms with Crippen LogP contribution in [0.15, 0.2) is 29.2 Å². The molecule has 0 aromatic heterocycles. The highest BCUT2D eigenvalue weighted by Gasteiger charge is 2.28. The van der Waals surface area contributed by atoms with Gasteiger partial charge in [-0.05, 0) is 30.9 Å². The number of sulfonamides is 1. The van der Waals surface area contributed by atoms with Crippen LogP contribution in [0.25, 0.3) is 0 Å². The van der Waals surface area contributed by atoms with Gasteiger partial charge in [-0.15, -0.1) is 0 Å². The molecule has 0 aliphatic rings. The lowest BCUT2D eigenvalue weighted by Gasteiger charge is -2.22. The summed E-state index contributed by atoms with van der Waals surface area (Å²) in [6, 6.07) is 5.77. The highest BCUT2D eigenvalue weighted by atomic mass is 32.2. The molecule has 1 aromatic carbocycles. The Bertz CT molecular complexity index is 592. The highest BCUT2D eigenvalue weighted by Crippen LogP contribution is 2.13. The van der Waals surface area contributed by atoms with Crippen LogP contribution < -0.4 is 10.0 Å². The number of hydrogen-bond donors (Lipinski definition) is 2. The maximum Gasteiger partial charge on any atom is 0.241 e. The number of rotatable bonds is 7. The fraction of sp³-hybridized carbons (Fsp3) is 0.562. The van der Waals surface area contributed by atoms with E-state index in [0.29, 0.717) is 12.5 Å². The first-order valence-electron chi connectivity index (χ1n) is 7.50. The number of amides is 1. The Morgan fingerprint density at radius 2 is 1.64 bits per heavy atom. The molecule has 1 rings (SSSR count). The normalized spacial score (nSPS) is 13.4. The largest absolute Gasteiger partial charge is 0.354 e. The molecule has 5 nitrogen and oxygen atoms in total. The summed E-state index contributed by atoms with van der Waals surface area (Å²) in [6.45, 7) is 10.0. The number of nitrogens with one attached hydrogen (secondary N) is 2. The number of hydrogen-bond acceptors (Lipinski definition) is 3. The second-order valence-corrected chi connectivity index (χ2v) is 8.01. The van der Waals surface area contributed by atoms with Crippen LogP contribution in [0.2, 0.25) is 0 Å². The molecule has 0 aliphatic heterocycles. The molecule has 0 heterocycles. The number of carbonyl (C=O) groups is 1. The number of carbonyl (C=O) groups excluding carboxylic acids is 1. The molecule has 1 aromatic rings. The van der Waals surface area contributed by atoms with Crippen molar-refractivity contribution in [3.63, 3.8) is 0 Å². The quantitative estimate of drug-likeness (QED) is 0.805. The number of aryl methyl sites for hydroxylation is 1. The van der Waals surface area contributed by atoms with Crippen molar-refractivity contribution in [1.29, 1.82) is 0 Å². The Morgan fingerprint density at radius 1 is 1.09 bits per heavy atom. The first kappa shape index (κ1) is 18.6. The van der Waals surface area contributed by atoms with Gasteiger partial charge in [0.2, 0.25) is 15.9 Å². The van der Waals surface area contributed by atoms with Gasteiger partial charge >= 0.3 is 0 Å². The fourth-order valence-corrected chi connectivity index (χ4v) is 3.20. The van der Waals surface area contributed by atoms with Gasteiger partial charge in [-0.25, -0.2) is 8.42 Å². The summed E-state index contributed by atoms with van der Waals surface area (Å²) in [5.74, 6) is -0.128. The predicted octanol–water partition coefficient (Wildman–Crippen LogP) is 2.07. The highest BCUT2D eigenvalue weighted by molar-refractivity contribution is 7.89. The van der Waals surface area contributed by atoms with Gasteiger partial charge < -0.3 is 5.32 Å². The van der Waals surface area contributed by atoms with Gasteiger partial charge in [0, 0.05) is 6.54 Å². The van der Waals surface area contributed by atoms with E-state index in [1.807, 2.05) is 34.6 Å². The van der Waals surface area contributed by atoms with Gasteiger partial charge in [0.25, 0.3) is 0 Å². The van der Waals surface area contributed by atoms with Crippen molar-refractivity contribution < 1.29 is 13.2 Å². The van der Waals surface area contributed by atoms with E-state index < -0.39 is 16.1 Å². The molecule has 1 atom stereocenters. The Kier molecular flexibility index (Phi) is 6.56. The van der Waals surface area contributed by atoms with Crippen molar-refractivity contribution >= 4 is 15.9 Å². The smallest absolute Gasteiger partial charge is 0.241 e. The standard InChI is InChI=1S/C16H26N2O3S/c1-11(2)10-17-16(19)15(12(3)4)18-22(20,21)14-8-6-13(5)7-9-14/h6-9,11-12,15,18H,10H2,1-5H3,(H,17,19)/t15-/m0/s1. The van der Waals surface area contributed by atoms with Crippen LogP contribution in [-0.4, -0.2) is 26.9 Å². The maximum absolute atomic E-state index is 12.4. The summed E-state index contributed by atoms with van der Waals surface area (Å²) in [6.07, 6.45) is 0. The zero-order chi connectivity index (χ0) is 16.9. The molecule has 0 saturated heterocycles. The van der Waals surface area contributed by atoms with Gasteiger partial charge in [-0.3, -0.25) is 4.79 Å². The Morgan fingerprint density at radius 3 is 2.09 bits per heavy atom. The third-order valence-electron chi connectivity index (χ3n) is 3.25. The summed E-state index contributed by atoms with van der Waals surface area (Å²) in [5, 5.41) is 2.78. The van der Waals surface area contributed by atoms with Crippen molar-refractivity contribution in [2.75, 3.05) is 6.54 Å². The van der Waals surface area contributed by atoms with E-state index >= 15 is 0 Å². The van der Waals surface area contributed by atoms with E-state index in [2.05, 4.69) is 10.0 Å². The topological polar surface area (TPSA) is 75.3 Å². The second kappa shape index (κ2) is 7.74. The van der Waals surface area contributed by atoms with Gasteiger partial charge in [-0.2, -0.15) is 4.72 Å². The Labute approximate surface area is 133 Å². The SMILES string of the molecule is Cc1ccc(S(=O)(=O)N[C@H](C(=O)NCC(C)C)C(C)C)cc1. The van der Waals surface area contributed by atoms with Crippen LogP contribution >= 0.6 is 0 Å². The van der Waals surface area contributed by atoms with Crippen molar-refractivity contribution in [2.24, 2.45) is 11.8 Å². The molecular formula is C16H26N2O3S. The molecule has 22 heavy (non-hydrogen) atoms. The van der Waals surface area contributed by atoms with Crippen molar-refractivity contribution in [3.8, 4) is 0 Å². The Hall–Kier alpha value is -1.40. The van der Waals surface area contributed by atoms with E-state index in [4.69, 9.17) is 0 Å². The molecule has 2 N–H and O–H groups in total. The summed E-state index contributed by atoms with van der Waals surface area (Å²) in [5.41, 5.74) is 0.981. The molecule has 0 radical (unpaired) electrons. The minimum atomic E-state index is -3.72. The molecule has 0 fully saturated rings. The van der Waals surface area contributed by atoms with Crippen molar-refractivity contribution in [3.05, 3.63) is 29.8 Å². The lowest BCUT2D eigenvalue weighted by atomic mass is 10.0. The molecule has 6 heteroatoms. The molecule has 1 amide bonds. The zero-order valence-corrected chi connectivity index (χ0v) is 14.7. The molecule has 124 valence electrons. The van der Waals surface area contributed by atoms with E-state index in [0.717, 1.165) is 5.56 Å². The van der Waals surface area contributed by atoms with E-state index in [9.17, 15) is 13.2 Å². The molecule has 0 bridgehead atoms. The van der Waals surface area contributed by atoms with Crippen molar-refractivity contribution in [1.82, 2.24) is 10.0 Å². The molecule has 0 aliphatic carbocycles. The minimum Gasteiger partial charge on any atom is -0.354 e. The average Bonchev–Trinajstić information content (AvgIpc) is 2.42. The van der Waals surface area contributed by atoms with E-state index in [1.165, 1.54) is 0 Å². The third-order valence-corrected chi connectivity index (χ3v) is 4.70. The van der Waals surface area contributed by atoms with Crippen LogP contribution in [-0.2, 0) is 14.8 Å². The predicted molar refractivity (Wildman–Crippen MR) is 88.0 cm³/mol. The zero-order valence-electron chi connectivity index (χ0n) is 13.9. The summed E-state index contributed by atoms with van der Waals surface area (Å²) >= 11 is 0. The molecule has 0 unspecified atom stereocenters. The second-order valence-electron chi connectivity index (χ2n) is 6.30. The lowest BCUT2D eigenvalue weighted by molar-refractivity contribution is -0.123. The molecule has 0 spiro atoms. The van der Waals surface area contributed by atoms with E-state index in [1.54, 1.807) is 24.3 Å². The monoisotopic (exact) mass is 326 g/mol. The van der Waals surface area contributed by atoms with Gasteiger partial charge in [0.1, 0.15) is 6.04 Å². The van der Waals surface area contributed by atoms with Gasteiger partial charge in [0.05, 0.1) is 4.90 Å². The third kappa shape index (κ3) is 5.42. The minimum absolute atomic E-state index is 0.146. The molecule has 0 saturated carbocycles. The lowest BCUT2D eigenvalue weighted by Crippen LogP contribution is -2.50. The maximum atomic E-state index is 12.4. The van der Waals surface area contributed by atoms with Crippen LogP contribution in [0, 0.1) is 18.8 Å². The first-order valence-corrected chi connectivity index (χ1v) is 8.98. The summed E-state index contributed by atoms with van der Waals surface area (Å²) in [4.78, 5) is 12.4. The van der Waals surface area contributed by atoms with E-state index in [-0.39, 0.29) is 16.7 Å². The average molecular weight is 326 g/mol. The molecular weight excluding hydrogens is 300 g/mol. The van der Waals surface area contributed by atoms with Crippen LogP contribution in [0.5, 0.6) is 0 Å². The number of benzene rings is 1. The van der Waals surface area contributed by atoms with Gasteiger partial charge in [0.15, 0.2) is 0 Å². The van der Waals surface area contributed by atoms with Crippen molar-refractivity contribution in [2.45, 2.75) is 45.6 Å². The summed E-state index contributed by atoms with van der Waals surface area (Å²) in [7, 11) is -3.72. The van der Waals surface area contributed by atoms with Gasteiger partial charge in [-0.1, -0.05) is 45.4 Å². The Balaban J connectivity index is 2.90. The van der Waals surface area contributed by atoms with Crippen LogP contribution in [0.1, 0.15) is 33.3 Å². The fourth-order valence-electron chi connectivity index (χ4n) is 1.86. The first-order chi connectivity index (χ1) is 10.1. The summed E-state index contributed by atoms with van der Waals surface area (Å²) < 4.78 is 27.3.